The van der Waals surface area contributed by atoms with Crippen LogP contribution in [0.2, 0.25) is 0 Å². The molecule has 1 heterocycles. The van der Waals surface area contributed by atoms with Gasteiger partial charge in [0.2, 0.25) is 5.91 Å². The number of amides is 1. The second-order valence-corrected chi connectivity index (χ2v) is 3.69. The summed E-state index contributed by atoms with van der Waals surface area (Å²) in [4.78, 5) is 14.0. The lowest BCUT2D eigenvalue weighted by molar-refractivity contribution is -0.137. The minimum absolute atomic E-state index is 0.0256. The van der Waals surface area contributed by atoms with E-state index in [-0.39, 0.29) is 17.3 Å². The average Bonchev–Trinajstić information content (AvgIpc) is 2.29. The Morgan fingerprint density at radius 2 is 2.21 bits per heavy atom. The van der Waals surface area contributed by atoms with E-state index in [2.05, 4.69) is 22.1 Å². The summed E-state index contributed by atoms with van der Waals surface area (Å²) < 4.78 is 37.4. The number of nitrogen functional groups attached to an aromatic ring is 1. The maximum atomic E-state index is 12.5. The van der Waals surface area contributed by atoms with E-state index in [9.17, 15) is 18.0 Å². The Morgan fingerprint density at radius 1 is 1.53 bits per heavy atom. The average molecular weight is 271 g/mol. The summed E-state index contributed by atoms with van der Waals surface area (Å²) in [5.74, 6) is 4.89. The van der Waals surface area contributed by atoms with Crippen molar-refractivity contribution in [3.05, 3.63) is 23.4 Å². The molecule has 0 saturated heterocycles. The van der Waals surface area contributed by atoms with Crippen LogP contribution in [0.5, 0.6) is 0 Å². The predicted octanol–water partition coefficient (Wildman–Crippen LogP) is 1.56. The minimum Gasteiger partial charge on any atom is -0.383 e. The van der Waals surface area contributed by atoms with Gasteiger partial charge < -0.3 is 11.1 Å². The monoisotopic (exact) mass is 271 g/mol. The lowest BCUT2D eigenvalue weighted by Gasteiger charge is -2.07. The van der Waals surface area contributed by atoms with E-state index >= 15 is 0 Å². The summed E-state index contributed by atoms with van der Waals surface area (Å²) in [6.45, 7) is 1.69. The van der Waals surface area contributed by atoms with Gasteiger partial charge in [-0.3, -0.25) is 4.79 Å². The highest BCUT2D eigenvalue weighted by atomic mass is 19.4. The van der Waals surface area contributed by atoms with Crippen molar-refractivity contribution in [2.45, 2.75) is 19.5 Å². The summed E-state index contributed by atoms with van der Waals surface area (Å²) >= 11 is 0. The molecule has 0 bridgehead atoms. The first-order chi connectivity index (χ1) is 8.80. The quantitative estimate of drug-likeness (QED) is 0.633. The van der Waals surface area contributed by atoms with Crippen molar-refractivity contribution in [1.29, 1.82) is 0 Å². The molecule has 0 aliphatic rings. The van der Waals surface area contributed by atoms with E-state index in [0.29, 0.717) is 19.2 Å². The number of halogens is 3. The Morgan fingerprint density at radius 3 is 2.79 bits per heavy atom. The van der Waals surface area contributed by atoms with Gasteiger partial charge in [-0.05, 0) is 6.07 Å². The molecule has 0 unspecified atom stereocenters. The molecule has 102 valence electrons. The fourth-order valence-corrected chi connectivity index (χ4v) is 1.19. The Kier molecular flexibility index (Phi) is 4.75. The van der Waals surface area contributed by atoms with E-state index in [1.54, 1.807) is 0 Å². The van der Waals surface area contributed by atoms with E-state index in [0.717, 1.165) is 6.07 Å². The molecule has 1 aromatic rings. The minimum atomic E-state index is -4.48. The van der Waals surface area contributed by atoms with Crippen LogP contribution in [0.15, 0.2) is 12.3 Å². The zero-order chi connectivity index (χ0) is 14.5. The van der Waals surface area contributed by atoms with E-state index < -0.39 is 11.7 Å². The van der Waals surface area contributed by atoms with Crippen molar-refractivity contribution < 1.29 is 18.0 Å². The number of hydrogen-bond acceptors (Lipinski definition) is 3. The number of carbonyl (C=O) groups is 1. The molecule has 0 atom stereocenters. The van der Waals surface area contributed by atoms with Crippen LogP contribution >= 0.6 is 0 Å². The fraction of sp³-hybridized carbons (Fsp3) is 0.333. The maximum absolute atomic E-state index is 12.5. The standard InChI is InChI=1S/C12H12F3N3O/c1-8(19)17-5-3-2-4-9-6-10(12(13,14)15)7-18-11(9)16/h6-7H,3,5H2,1H3,(H2,16,18)(H,17,19). The van der Waals surface area contributed by atoms with Crippen LogP contribution in [0, 0.1) is 11.8 Å². The summed E-state index contributed by atoms with van der Waals surface area (Å²) in [6.07, 6.45) is -3.50. The molecule has 0 aliphatic heterocycles. The maximum Gasteiger partial charge on any atom is 0.417 e. The van der Waals surface area contributed by atoms with Crippen LogP contribution in [0.3, 0.4) is 0 Å². The van der Waals surface area contributed by atoms with E-state index in [4.69, 9.17) is 5.73 Å². The number of hydrogen-bond donors (Lipinski definition) is 2. The van der Waals surface area contributed by atoms with Crippen molar-refractivity contribution in [3.8, 4) is 11.8 Å². The molecule has 4 nitrogen and oxygen atoms in total. The fourth-order valence-electron chi connectivity index (χ4n) is 1.19. The molecule has 0 aliphatic carbocycles. The van der Waals surface area contributed by atoms with Gasteiger partial charge in [0.15, 0.2) is 0 Å². The number of pyridine rings is 1. The Balaban J connectivity index is 2.78. The van der Waals surface area contributed by atoms with Crippen molar-refractivity contribution in [1.82, 2.24) is 10.3 Å². The number of carbonyl (C=O) groups excluding carboxylic acids is 1. The van der Waals surface area contributed by atoms with Gasteiger partial charge in [-0.2, -0.15) is 13.2 Å². The highest BCUT2D eigenvalue weighted by Crippen LogP contribution is 2.29. The van der Waals surface area contributed by atoms with Gasteiger partial charge in [0.25, 0.3) is 0 Å². The van der Waals surface area contributed by atoms with Gasteiger partial charge in [0.05, 0.1) is 11.1 Å². The van der Waals surface area contributed by atoms with Crippen LogP contribution < -0.4 is 11.1 Å². The first kappa shape index (κ1) is 14.8. The zero-order valence-corrected chi connectivity index (χ0v) is 10.1. The summed E-state index contributed by atoms with van der Waals surface area (Å²) in [5, 5.41) is 2.51. The summed E-state index contributed by atoms with van der Waals surface area (Å²) in [6, 6.07) is 0.855. The topological polar surface area (TPSA) is 68.0 Å². The largest absolute Gasteiger partial charge is 0.417 e. The van der Waals surface area contributed by atoms with Crippen molar-refractivity contribution in [2.24, 2.45) is 0 Å². The first-order valence-electron chi connectivity index (χ1n) is 5.36. The highest BCUT2D eigenvalue weighted by molar-refractivity contribution is 5.72. The number of nitrogens with zero attached hydrogens (tertiary/aromatic N) is 1. The van der Waals surface area contributed by atoms with Crippen LogP contribution in [0.25, 0.3) is 0 Å². The zero-order valence-electron chi connectivity index (χ0n) is 10.1. The molecule has 19 heavy (non-hydrogen) atoms. The molecule has 7 heteroatoms. The highest BCUT2D eigenvalue weighted by Gasteiger charge is 2.31. The number of alkyl halides is 3. The second kappa shape index (κ2) is 6.09. The molecule has 1 aromatic heterocycles. The lowest BCUT2D eigenvalue weighted by atomic mass is 10.2. The number of rotatable bonds is 2. The molecule has 0 aromatic carbocycles. The third-order valence-electron chi connectivity index (χ3n) is 2.09. The molecule has 0 saturated carbocycles. The molecule has 0 fully saturated rings. The van der Waals surface area contributed by atoms with Crippen molar-refractivity contribution in [3.63, 3.8) is 0 Å². The van der Waals surface area contributed by atoms with Crippen LogP contribution in [0.1, 0.15) is 24.5 Å². The Bertz CT molecular complexity index is 529. The van der Waals surface area contributed by atoms with Crippen LogP contribution in [-0.4, -0.2) is 17.4 Å². The van der Waals surface area contributed by atoms with Gasteiger partial charge in [-0.25, -0.2) is 4.98 Å². The molecular formula is C12H12F3N3O. The summed E-state index contributed by atoms with van der Waals surface area (Å²) in [7, 11) is 0. The smallest absolute Gasteiger partial charge is 0.383 e. The van der Waals surface area contributed by atoms with Gasteiger partial charge in [-0.15, -0.1) is 0 Å². The number of anilines is 1. The normalized spacial score (nSPS) is 10.5. The van der Waals surface area contributed by atoms with Gasteiger partial charge >= 0.3 is 6.18 Å². The lowest BCUT2D eigenvalue weighted by Crippen LogP contribution is -2.20. The van der Waals surface area contributed by atoms with Gasteiger partial charge in [0.1, 0.15) is 5.82 Å². The van der Waals surface area contributed by atoms with Crippen LogP contribution in [0.4, 0.5) is 19.0 Å². The van der Waals surface area contributed by atoms with Crippen molar-refractivity contribution >= 4 is 11.7 Å². The molecule has 0 radical (unpaired) electrons. The van der Waals surface area contributed by atoms with E-state index in [1.807, 2.05) is 0 Å². The summed E-state index contributed by atoms with van der Waals surface area (Å²) in [5.41, 5.74) is 4.58. The second-order valence-electron chi connectivity index (χ2n) is 3.69. The Hall–Kier alpha value is -2.23. The first-order valence-corrected chi connectivity index (χ1v) is 5.36. The number of nitrogens with one attached hydrogen (secondary N) is 1. The van der Waals surface area contributed by atoms with Crippen LogP contribution in [-0.2, 0) is 11.0 Å². The van der Waals surface area contributed by atoms with E-state index in [1.165, 1.54) is 6.92 Å². The van der Waals surface area contributed by atoms with Crippen molar-refractivity contribution in [2.75, 3.05) is 12.3 Å². The van der Waals surface area contributed by atoms with Gasteiger partial charge in [0, 0.05) is 26.1 Å². The molecule has 3 N–H and O–H groups in total. The predicted molar refractivity (Wildman–Crippen MR) is 63.8 cm³/mol. The van der Waals surface area contributed by atoms with Gasteiger partial charge in [-0.1, -0.05) is 11.8 Å². The number of nitrogens with two attached hydrogens (primary N) is 1. The SMILES string of the molecule is CC(=O)NCCC#Cc1cc(C(F)(F)F)cnc1N. The molecule has 1 rings (SSSR count). The molecule has 1 amide bonds. The third kappa shape index (κ3) is 4.87. The Labute approximate surface area is 108 Å². The molecular weight excluding hydrogens is 259 g/mol. The molecule has 0 spiro atoms. The number of aromatic nitrogens is 1. The third-order valence-corrected chi connectivity index (χ3v) is 2.09.